The lowest BCUT2D eigenvalue weighted by Gasteiger charge is -2.26. The van der Waals surface area contributed by atoms with Crippen LogP contribution in [0.25, 0.3) is 0 Å². The van der Waals surface area contributed by atoms with Crippen LogP contribution in [0.5, 0.6) is 5.75 Å². The molecule has 0 fully saturated rings. The zero-order valence-electron chi connectivity index (χ0n) is 16.4. The van der Waals surface area contributed by atoms with Gasteiger partial charge in [-0.05, 0) is 43.7 Å². The first-order chi connectivity index (χ1) is 12.9. The second-order valence-corrected chi connectivity index (χ2v) is 7.05. The number of carbonyl (C=O) groups is 2. The van der Waals surface area contributed by atoms with Crippen LogP contribution in [0.4, 0.5) is 5.69 Å². The van der Waals surface area contributed by atoms with Crippen LogP contribution < -0.4 is 9.64 Å². The number of rotatable bonds is 3. The Morgan fingerprint density at radius 2 is 1.85 bits per heavy atom. The summed E-state index contributed by atoms with van der Waals surface area (Å²) in [6.45, 7) is 8.73. The molecule has 0 unspecified atom stereocenters. The van der Waals surface area contributed by atoms with Crippen LogP contribution in [0, 0.1) is 6.92 Å². The normalized spacial score (nSPS) is 16.1. The van der Waals surface area contributed by atoms with Crippen molar-refractivity contribution in [1.29, 1.82) is 0 Å². The maximum Gasteiger partial charge on any atom is 0.224 e. The molecule has 0 bridgehead atoms. The summed E-state index contributed by atoms with van der Waals surface area (Å²) in [5, 5.41) is 0. The number of amides is 2. The van der Waals surface area contributed by atoms with E-state index in [0.29, 0.717) is 19.7 Å². The van der Waals surface area contributed by atoms with Crippen LogP contribution in [-0.4, -0.2) is 29.9 Å². The minimum atomic E-state index is -0.0647. The van der Waals surface area contributed by atoms with Gasteiger partial charge in [0.15, 0.2) is 0 Å². The van der Waals surface area contributed by atoms with E-state index in [2.05, 4.69) is 0 Å². The summed E-state index contributed by atoms with van der Waals surface area (Å²) < 4.78 is 5.83. The van der Waals surface area contributed by atoms with Gasteiger partial charge in [-0.25, -0.2) is 0 Å². The zero-order chi connectivity index (χ0) is 19.6. The Labute approximate surface area is 160 Å². The predicted molar refractivity (Wildman–Crippen MR) is 106 cm³/mol. The number of carbonyl (C=O) groups excluding carboxylic acids is 2. The first-order valence-electron chi connectivity index (χ1n) is 9.24. The molecule has 3 rings (SSSR count). The molecule has 5 nitrogen and oxygen atoms in total. The van der Waals surface area contributed by atoms with Gasteiger partial charge in [-0.3, -0.25) is 9.59 Å². The molecule has 0 spiro atoms. The van der Waals surface area contributed by atoms with Crippen molar-refractivity contribution in [3.8, 4) is 5.75 Å². The first kappa shape index (κ1) is 19.0. The van der Waals surface area contributed by atoms with E-state index in [1.165, 1.54) is 0 Å². The number of nitrogens with zero attached hydrogens (tertiary/aromatic N) is 2. The number of benzene rings is 2. The second-order valence-electron chi connectivity index (χ2n) is 7.05. The molecule has 142 valence electrons. The molecule has 5 heteroatoms. The fourth-order valence-corrected chi connectivity index (χ4v) is 3.49. The lowest BCUT2D eigenvalue weighted by atomic mass is 10.0. The van der Waals surface area contributed by atoms with E-state index in [1.54, 1.807) is 18.7 Å². The van der Waals surface area contributed by atoms with Crippen molar-refractivity contribution in [2.75, 3.05) is 18.1 Å². The van der Waals surface area contributed by atoms with Gasteiger partial charge in [-0.2, -0.15) is 0 Å². The highest BCUT2D eigenvalue weighted by Gasteiger charge is 2.25. The van der Waals surface area contributed by atoms with E-state index in [4.69, 9.17) is 4.74 Å². The standard InChI is InChI=1S/C22H26N2O3/c1-15-5-8-20(9-6-15)24(18(4)26)14-19-7-10-22-21(13-19)16(2)23(17(3)25)11-12-27-22/h5-10,13,16H,11-12,14H2,1-4H3/t16-/m0/s1. The van der Waals surface area contributed by atoms with Crippen LogP contribution in [-0.2, 0) is 16.1 Å². The molecule has 0 aliphatic carbocycles. The molecular weight excluding hydrogens is 340 g/mol. The molecule has 2 amide bonds. The molecule has 0 saturated heterocycles. The van der Waals surface area contributed by atoms with Gasteiger partial charge in [0.1, 0.15) is 12.4 Å². The highest BCUT2D eigenvalue weighted by atomic mass is 16.5. The maximum absolute atomic E-state index is 12.2. The largest absolute Gasteiger partial charge is 0.491 e. The number of fused-ring (bicyclic) bond motifs is 1. The summed E-state index contributed by atoms with van der Waals surface area (Å²) in [6.07, 6.45) is 0. The van der Waals surface area contributed by atoms with E-state index in [-0.39, 0.29) is 17.9 Å². The Morgan fingerprint density at radius 1 is 1.15 bits per heavy atom. The van der Waals surface area contributed by atoms with Crippen LogP contribution in [0.1, 0.15) is 43.5 Å². The molecule has 1 atom stereocenters. The SMILES string of the molecule is CC(=O)N(Cc1ccc2c(c1)[C@H](C)N(C(C)=O)CCO2)c1ccc(C)cc1. The zero-order valence-corrected chi connectivity index (χ0v) is 16.4. The third-order valence-electron chi connectivity index (χ3n) is 5.05. The van der Waals surface area contributed by atoms with Crippen LogP contribution in [0.3, 0.4) is 0 Å². The monoisotopic (exact) mass is 366 g/mol. The molecule has 0 N–H and O–H groups in total. The lowest BCUT2D eigenvalue weighted by Crippen LogP contribution is -2.33. The Morgan fingerprint density at radius 3 is 2.48 bits per heavy atom. The highest BCUT2D eigenvalue weighted by Crippen LogP contribution is 2.33. The smallest absolute Gasteiger partial charge is 0.224 e. The molecular formula is C22H26N2O3. The fourth-order valence-electron chi connectivity index (χ4n) is 3.49. The minimum absolute atomic E-state index is 0.0107. The van der Waals surface area contributed by atoms with Crippen LogP contribution in [0.15, 0.2) is 42.5 Å². The van der Waals surface area contributed by atoms with Crippen molar-refractivity contribution in [3.05, 3.63) is 59.2 Å². The Balaban J connectivity index is 1.91. The summed E-state index contributed by atoms with van der Waals surface area (Å²) >= 11 is 0. The summed E-state index contributed by atoms with van der Waals surface area (Å²) in [4.78, 5) is 27.8. The molecule has 1 aliphatic rings. The summed E-state index contributed by atoms with van der Waals surface area (Å²) in [5.74, 6) is 0.831. The van der Waals surface area contributed by atoms with Gasteiger partial charge in [0.2, 0.25) is 11.8 Å². The van der Waals surface area contributed by atoms with Crippen molar-refractivity contribution in [2.45, 2.75) is 40.3 Å². The maximum atomic E-state index is 12.2. The number of aryl methyl sites for hydroxylation is 1. The van der Waals surface area contributed by atoms with Crippen molar-refractivity contribution in [3.63, 3.8) is 0 Å². The number of ether oxygens (including phenoxy) is 1. The molecule has 27 heavy (non-hydrogen) atoms. The van der Waals surface area contributed by atoms with E-state index >= 15 is 0 Å². The molecule has 0 radical (unpaired) electrons. The lowest BCUT2D eigenvalue weighted by molar-refractivity contribution is -0.131. The molecule has 1 aliphatic heterocycles. The molecule has 1 heterocycles. The van der Waals surface area contributed by atoms with E-state index in [9.17, 15) is 9.59 Å². The number of anilines is 1. The van der Waals surface area contributed by atoms with Crippen molar-refractivity contribution in [2.24, 2.45) is 0 Å². The quantitative estimate of drug-likeness (QED) is 0.829. The summed E-state index contributed by atoms with van der Waals surface area (Å²) in [6, 6.07) is 13.8. The number of hydrogen-bond donors (Lipinski definition) is 0. The topological polar surface area (TPSA) is 49.9 Å². The summed E-state index contributed by atoms with van der Waals surface area (Å²) in [5.41, 5.74) is 4.01. The fraction of sp³-hybridized carbons (Fsp3) is 0.364. The summed E-state index contributed by atoms with van der Waals surface area (Å²) in [7, 11) is 0. The van der Waals surface area contributed by atoms with E-state index in [0.717, 1.165) is 28.1 Å². The van der Waals surface area contributed by atoms with Gasteiger partial charge in [-0.15, -0.1) is 0 Å². The van der Waals surface area contributed by atoms with Gasteiger partial charge in [0, 0.05) is 25.1 Å². The van der Waals surface area contributed by atoms with Gasteiger partial charge >= 0.3 is 0 Å². The minimum Gasteiger partial charge on any atom is -0.491 e. The first-order valence-corrected chi connectivity index (χ1v) is 9.24. The average molecular weight is 366 g/mol. The van der Waals surface area contributed by atoms with Gasteiger partial charge in [0.25, 0.3) is 0 Å². The second kappa shape index (κ2) is 7.82. The molecule has 0 aromatic heterocycles. The van der Waals surface area contributed by atoms with Crippen molar-refractivity contribution >= 4 is 17.5 Å². The van der Waals surface area contributed by atoms with Gasteiger partial charge < -0.3 is 14.5 Å². The van der Waals surface area contributed by atoms with Gasteiger partial charge in [0.05, 0.1) is 19.1 Å². The molecule has 2 aromatic carbocycles. The Bertz CT molecular complexity index is 845. The average Bonchev–Trinajstić information content (AvgIpc) is 2.79. The van der Waals surface area contributed by atoms with Crippen molar-refractivity contribution in [1.82, 2.24) is 4.90 Å². The Hall–Kier alpha value is -2.82. The molecule has 2 aromatic rings. The van der Waals surface area contributed by atoms with Gasteiger partial charge in [-0.1, -0.05) is 23.8 Å². The third-order valence-corrected chi connectivity index (χ3v) is 5.05. The highest BCUT2D eigenvalue weighted by molar-refractivity contribution is 5.91. The molecule has 0 saturated carbocycles. The third kappa shape index (κ3) is 4.13. The Kier molecular flexibility index (Phi) is 5.49. The van der Waals surface area contributed by atoms with Crippen LogP contribution in [0.2, 0.25) is 0 Å². The number of hydrogen-bond acceptors (Lipinski definition) is 3. The van der Waals surface area contributed by atoms with E-state index < -0.39 is 0 Å². The van der Waals surface area contributed by atoms with Crippen LogP contribution >= 0.6 is 0 Å². The predicted octanol–water partition coefficient (Wildman–Crippen LogP) is 3.85. The van der Waals surface area contributed by atoms with Crippen molar-refractivity contribution < 1.29 is 14.3 Å². The van der Waals surface area contributed by atoms with E-state index in [1.807, 2.05) is 61.2 Å².